The van der Waals surface area contributed by atoms with Gasteiger partial charge in [0, 0.05) is 18.0 Å². The van der Waals surface area contributed by atoms with Crippen molar-refractivity contribution >= 4 is 5.52 Å². The molecule has 0 amide bonds. The molecule has 1 saturated heterocycles. The molecule has 1 aliphatic heterocycles. The summed E-state index contributed by atoms with van der Waals surface area (Å²) >= 11 is 0. The van der Waals surface area contributed by atoms with Gasteiger partial charge in [-0.3, -0.25) is 4.79 Å². The highest BCUT2D eigenvalue weighted by Crippen LogP contribution is 2.25. The summed E-state index contributed by atoms with van der Waals surface area (Å²) in [6.45, 7) is 3.79. The highest BCUT2D eigenvalue weighted by atomic mass is 19.1. The number of hydrogen-bond acceptors (Lipinski definition) is 4. The lowest BCUT2D eigenvalue weighted by atomic mass is 9.97. The van der Waals surface area contributed by atoms with Crippen LogP contribution in [0, 0.1) is 11.7 Å². The van der Waals surface area contributed by atoms with E-state index >= 15 is 0 Å². The average Bonchev–Trinajstić information content (AvgIpc) is 3.13. The van der Waals surface area contributed by atoms with E-state index in [4.69, 9.17) is 0 Å². The lowest BCUT2D eigenvalue weighted by Gasteiger charge is -2.13. The van der Waals surface area contributed by atoms with Crippen molar-refractivity contribution in [2.24, 2.45) is 5.92 Å². The number of aromatic nitrogens is 4. The van der Waals surface area contributed by atoms with E-state index in [1.54, 1.807) is 12.1 Å². The van der Waals surface area contributed by atoms with Gasteiger partial charge in [-0.1, -0.05) is 19.1 Å². The van der Waals surface area contributed by atoms with Crippen molar-refractivity contribution in [3.05, 3.63) is 52.5 Å². The smallest absolute Gasteiger partial charge is 0.276 e. The number of halogens is 1. The third kappa shape index (κ3) is 2.33. The second kappa shape index (κ2) is 5.27. The fourth-order valence-corrected chi connectivity index (χ4v) is 3.08. The Kier molecular flexibility index (Phi) is 3.23. The van der Waals surface area contributed by atoms with Crippen LogP contribution in [0.2, 0.25) is 0 Å². The van der Waals surface area contributed by atoms with Gasteiger partial charge in [0.2, 0.25) is 0 Å². The van der Waals surface area contributed by atoms with E-state index in [1.165, 1.54) is 22.8 Å². The highest BCUT2D eigenvalue weighted by molar-refractivity contribution is 5.60. The summed E-state index contributed by atoms with van der Waals surface area (Å²) in [6, 6.07) is 6.12. The number of imidazole rings is 1. The summed E-state index contributed by atoms with van der Waals surface area (Å²) in [4.78, 5) is 19.4. The number of nitrogens with zero attached hydrogens (tertiary/aromatic N) is 3. The zero-order valence-corrected chi connectivity index (χ0v) is 12.6. The third-order valence-electron chi connectivity index (χ3n) is 4.37. The lowest BCUT2D eigenvalue weighted by molar-refractivity contribution is 0.533. The molecule has 0 aliphatic carbocycles. The van der Waals surface area contributed by atoms with E-state index in [2.05, 4.69) is 27.3 Å². The lowest BCUT2D eigenvalue weighted by Crippen LogP contribution is -2.21. The minimum Gasteiger partial charge on any atom is -0.316 e. The zero-order valence-electron chi connectivity index (χ0n) is 12.6. The molecule has 1 fully saturated rings. The SMILES string of the molecule is CC1CNCC1c1nn2c(-c3cccc(F)c3)ncc2c(=O)[nH]1. The molecule has 3 heterocycles. The van der Waals surface area contributed by atoms with Crippen molar-refractivity contribution in [2.75, 3.05) is 13.1 Å². The molecule has 2 unspecified atom stereocenters. The van der Waals surface area contributed by atoms with Crippen LogP contribution in [0.1, 0.15) is 18.7 Å². The minimum atomic E-state index is -0.349. The molecule has 4 rings (SSSR count). The Morgan fingerprint density at radius 3 is 2.96 bits per heavy atom. The van der Waals surface area contributed by atoms with Crippen molar-refractivity contribution in [3.63, 3.8) is 0 Å². The fraction of sp³-hybridized carbons (Fsp3) is 0.312. The molecule has 118 valence electrons. The molecule has 2 aromatic heterocycles. The van der Waals surface area contributed by atoms with Gasteiger partial charge >= 0.3 is 0 Å². The second-order valence-electron chi connectivity index (χ2n) is 5.97. The first-order valence-electron chi connectivity index (χ1n) is 7.58. The average molecular weight is 313 g/mol. The maximum absolute atomic E-state index is 13.5. The fourth-order valence-electron chi connectivity index (χ4n) is 3.08. The van der Waals surface area contributed by atoms with E-state index in [0.29, 0.717) is 28.6 Å². The highest BCUT2D eigenvalue weighted by Gasteiger charge is 2.27. The van der Waals surface area contributed by atoms with Crippen LogP contribution >= 0.6 is 0 Å². The largest absolute Gasteiger partial charge is 0.316 e. The quantitative estimate of drug-likeness (QED) is 0.753. The predicted molar refractivity (Wildman–Crippen MR) is 83.8 cm³/mol. The van der Waals surface area contributed by atoms with Crippen molar-refractivity contribution in [2.45, 2.75) is 12.8 Å². The number of H-pyrrole nitrogens is 1. The summed E-state index contributed by atoms with van der Waals surface area (Å²) in [5.74, 6) is 1.28. The summed E-state index contributed by atoms with van der Waals surface area (Å²) < 4.78 is 15.0. The first kappa shape index (κ1) is 14.1. The normalized spacial score (nSPS) is 21.1. The van der Waals surface area contributed by atoms with Crippen molar-refractivity contribution in [1.82, 2.24) is 24.9 Å². The predicted octanol–water partition coefficient (Wildman–Crippen LogP) is 1.55. The summed E-state index contributed by atoms with van der Waals surface area (Å²) in [7, 11) is 0. The number of nitrogens with one attached hydrogen (secondary N) is 2. The summed E-state index contributed by atoms with van der Waals surface area (Å²) in [5.41, 5.74) is 0.711. The summed E-state index contributed by atoms with van der Waals surface area (Å²) in [5, 5.41) is 7.87. The zero-order chi connectivity index (χ0) is 16.0. The molecular weight excluding hydrogens is 297 g/mol. The van der Waals surface area contributed by atoms with Crippen molar-refractivity contribution in [1.29, 1.82) is 0 Å². The van der Waals surface area contributed by atoms with Gasteiger partial charge in [-0.05, 0) is 24.6 Å². The van der Waals surface area contributed by atoms with Gasteiger partial charge in [0.1, 0.15) is 11.6 Å². The molecule has 0 spiro atoms. The minimum absolute atomic E-state index is 0.148. The van der Waals surface area contributed by atoms with Crippen LogP contribution in [0.5, 0.6) is 0 Å². The Balaban J connectivity index is 1.90. The second-order valence-corrected chi connectivity index (χ2v) is 5.97. The molecule has 3 aromatic rings. The topological polar surface area (TPSA) is 75.1 Å². The van der Waals surface area contributed by atoms with Gasteiger partial charge in [-0.15, -0.1) is 0 Å². The van der Waals surface area contributed by atoms with Crippen LogP contribution in [-0.2, 0) is 0 Å². The summed E-state index contributed by atoms with van der Waals surface area (Å²) in [6.07, 6.45) is 1.46. The van der Waals surface area contributed by atoms with Gasteiger partial charge < -0.3 is 10.3 Å². The Morgan fingerprint density at radius 1 is 1.35 bits per heavy atom. The van der Waals surface area contributed by atoms with E-state index in [9.17, 15) is 9.18 Å². The van der Waals surface area contributed by atoms with Crippen LogP contribution in [0.4, 0.5) is 4.39 Å². The molecule has 1 aliphatic rings. The monoisotopic (exact) mass is 313 g/mol. The molecule has 0 bridgehead atoms. The third-order valence-corrected chi connectivity index (χ3v) is 4.37. The molecular formula is C16H16FN5O. The van der Waals surface area contributed by atoms with Crippen LogP contribution < -0.4 is 10.9 Å². The van der Waals surface area contributed by atoms with Crippen molar-refractivity contribution < 1.29 is 4.39 Å². The molecule has 0 saturated carbocycles. The first-order valence-corrected chi connectivity index (χ1v) is 7.58. The van der Waals surface area contributed by atoms with Gasteiger partial charge in [-0.25, -0.2) is 13.9 Å². The van der Waals surface area contributed by atoms with Crippen molar-refractivity contribution in [3.8, 4) is 11.4 Å². The van der Waals surface area contributed by atoms with Gasteiger partial charge in [0.25, 0.3) is 5.56 Å². The molecule has 6 nitrogen and oxygen atoms in total. The number of benzene rings is 1. The molecule has 7 heteroatoms. The maximum Gasteiger partial charge on any atom is 0.276 e. The van der Waals surface area contributed by atoms with E-state index in [-0.39, 0.29) is 17.3 Å². The molecule has 0 radical (unpaired) electrons. The number of fused-ring (bicyclic) bond motifs is 1. The van der Waals surface area contributed by atoms with E-state index in [1.807, 2.05) is 0 Å². The Hall–Kier alpha value is -2.54. The molecule has 23 heavy (non-hydrogen) atoms. The van der Waals surface area contributed by atoms with Gasteiger partial charge in [0.15, 0.2) is 11.3 Å². The van der Waals surface area contributed by atoms with Gasteiger partial charge in [0.05, 0.1) is 6.20 Å². The van der Waals surface area contributed by atoms with Crippen LogP contribution in [0.15, 0.2) is 35.3 Å². The number of aromatic amines is 1. The van der Waals surface area contributed by atoms with Crippen LogP contribution in [0.25, 0.3) is 16.9 Å². The van der Waals surface area contributed by atoms with Gasteiger partial charge in [-0.2, -0.15) is 5.10 Å². The molecule has 2 N–H and O–H groups in total. The van der Waals surface area contributed by atoms with Crippen LogP contribution in [0.3, 0.4) is 0 Å². The number of rotatable bonds is 2. The first-order chi connectivity index (χ1) is 11.1. The molecule has 2 atom stereocenters. The Labute approximate surface area is 131 Å². The van der Waals surface area contributed by atoms with Crippen LogP contribution in [-0.4, -0.2) is 32.7 Å². The van der Waals surface area contributed by atoms with E-state index in [0.717, 1.165) is 13.1 Å². The van der Waals surface area contributed by atoms with E-state index < -0.39 is 0 Å². The standard InChI is InChI=1S/C16H16FN5O/c1-9-6-18-7-12(9)14-20-16(23)13-8-19-15(22(13)21-14)10-3-2-4-11(17)5-10/h2-5,8-9,12,18H,6-7H2,1H3,(H,20,21,23). The maximum atomic E-state index is 13.5. The molecule has 1 aromatic carbocycles. The Morgan fingerprint density at radius 2 is 2.22 bits per heavy atom. The number of hydrogen-bond donors (Lipinski definition) is 2. The Bertz CT molecular complexity index is 932.